The fourth-order valence-corrected chi connectivity index (χ4v) is 1.98. The van der Waals surface area contributed by atoms with Crippen LogP contribution in [-0.4, -0.2) is 6.26 Å². The maximum absolute atomic E-state index is 2.31. The fourth-order valence-electron chi connectivity index (χ4n) is 1.57. The minimum atomic E-state index is 0.644. The van der Waals surface area contributed by atoms with E-state index in [1.807, 2.05) is 0 Å². The predicted molar refractivity (Wildman–Crippen MR) is 70.5 cm³/mol. The van der Waals surface area contributed by atoms with Gasteiger partial charge in [-0.05, 0) is 42.7 Å². The summed E-state index contributed by atoms with van der Waals surface area (Å²) in [4.78, 5) is 1.34. The van der Waals surface area contributed by atoms with Crippen LogP contribution >= 0.6 is 11.8 Å². The number of hydrogen-bond acceptors (Lipinski definition) is 1. The molecule has 0 heterocycles. The molecular weight excluding hydrogens is 200 g/mol. The van der Waals surface area contributed by atoms with Crippen molar-refractivity contribution < 1.29 is 0 Å². The van der Waals surface area contributed by atoms with Gasteiger partial charge < -0.3 is 0 Å². The largest absolute Gasteiger partial charge is 0.130 e. The molecule has 0 aliphatic rings. The Morgan fingerprint density at radius 1 is 1.27 bits per heavy atom. The second kappa shape index (κ2) is 6.73. The normalized spacial score (nSPS) is 13.3. The van der Waals surface area contributed by atoms with Gasteiger partial charge in [0.15, 0.2) is 0 Å². The Morgan fingerprint density at radius 3 is 2.47 bits per heavy atom. The molecule has 1 heteroatoms. The lowest BCUT2D eigenvalue weighted by molar-refractivity contribution is 0.720. The summed E-state index contributed by atoms with van der Waals surface area (Å²) >= 11 is 1.80. The van der Waals surface area contributed by atoms with Gasteiger partial charge in [0.05, 0.1) is 0 Å². The topological polar surface area (TPSA) is 0 Å². The molecule has 0 saturated carbocycles. The Hall–Kier alpha value is -0.690. The highest BCUT2D eigenvalue weighted by Gasteiger charge is 1.99. The zero-order chi connectivity index (χ0) is 11.1. The van der Waals surface area contributed by atoms with Crippen LogP contribution in [0.5, 0.6) is 0 Å². The molecule has 15 heavy (non-hydrogen) atoms. The van der Waals surface area contributed by atoms with Crippen molar-refractivity contribution in [2.45, 2.75) is 31.6 Å². The summed E-state index contributed by atoms with van der Waals surface area (Å²) in [6.07, 6.45) is 8.95. The van der Waals surface area contributed by atoms with E-state index >= 15 is 0 Å². The molecular formula is C14H20S. The molecule has 1 rings (SSSR count). The zero-order valence-electron chi connectivity index (χ0n) is 9.86. The number of benzene rings is 1. The quantitative estimate of drug-likeness (QED) is 0.518. The van der Waals surface area contributed by atoms with Gasteiger partial charge >= 0.3 is 0 Å². The minimum absolute atomic E-state index is 0.644. The van der Waals surface area contributed by atoms with Crippen LogP contribution in [0.2, 0.25) is 0 Å². The number of thioether (sulfide) groups is 1. The van der Waals surface area contributed by atoms with E-state index in [1.54, 1.807) is 11.8 Å². The first-order valence-electron chi connectivity index (χ1n) is 5.55. The van der Waals surface area contributed by atoms with Crippen molar-refractivity contribution >= 4 is 11.8 Å². The molecule has 1 aromatic rings. The average molecular weight is 220 g/mol. The van der Waals surface area contributed by atoms with E-state index < -0.39 is 0 Å². The Kier molecular flexibility index (Phi) is 5.56. The molecule has 82 valence electrons. The number of allylic oxidation sites excluding steroid dienone is 2. The van der Waals surface area contributed by atoms with Crippen LogP contribution in [0.1, 0.15) is 25.8 Å². The van der Waals surface area contributed by atoms with Crippen LogP contribution in [-0.2, 0) is 6.42 Å². The first-order valence-corrected chi connectivity index (χ1v) is 6.78. The first-order chi connectivity index (χ1) is 7.26. The third-order valence-corrected chi connectivity index (χ3v) is 3.16. The lowest BCUT2D eigenvalue weighted by atomic mass is 10.0. The van der Waals surface area contributed by atoms with Crippen LogP contribution in [0.4, 0.5) is 0 Å². The highest BCUT2D eigenvalue weighted by molar-refractivity contribution is 7.98. The van der Waals surface area contributed by atoms with Gasteiger partial charge in [0.25, 0.3) is 0 Å². The summed E-state index contributed by atoms with van der Waals surface area (Å²) in [6.45, 7) is 4.45. The average Bonchev–Trinajstić information content (AvgIpc) is 2.27. The van der Waals surface area contributed by atoms with Gasteiger partial charge in [0.1, 0.15) is 0 Å². The van der Waals surface area contributed by atoms with Crippen molar-refractivity contribution in [2.24, 2.45) is 5.92 Å². The lowest BCUT2D eigenvalue weighted by Crippen LogP contribution is -1.95. The van der Waals surface area contributed by atoms with Crippen molar-refractivity contribution in [2.75, 3.05) is 6.26 Å². The maximum atomic E-state index is 2.31. The molecule has 0 N–H and O–H groups in total. The highest BCUT2D eigenvalue weighted by atomic mass is 32.2. The summed E-state index contributed by atoms with van der Waals surface area (Å²) in [5, 5.41) is 0. The van der Waals surface area contributed by atoms with Gasteiger partial charge in [-0.1, -0.05) is 38.1 Å². The van der Waals surface area contributed by atoms with E-state index in [0.717, 1.165) is 12.8 Å². The molecule has 0 aliphatic heterocycles. The third-order valence-electron chi connectivity index (χ3n) is 2.42. The minimum Gasteiger partial charge on any atom is -0.130 e. The van der Waals surface area contributed by atoms with Crippen molar-refractivity contribution in [3.63, 3.8) is 0 Å². The number of rotatable bonds is 5. The smallest absolute Gasteiger partial charge is 0.00693 e. The Labute approximate surface area is 97.8 Å². The monoisotopic (exact) mass is 220 g/mol. The molecule has 0 radical (unpaired) electrons. The molecule has 1 aromatic carbocycles. The predicted octanol–water partition coefficient (Wildman–Crippen LogP) is 4.55. The van der Waals surface area contributed by atoms with Crippen molar-refractivity contribution in [1.82, 2.24) is 0 Å². The van der Waals surface area contributed by atoms with E-state index in [0.29, 0.717) is 5.92 Å². The molecule has 0 spiro atoms. The van der Waals surface area contributed by atoms with E-state index in [9.17, 15) is 0 Å². The second-order valence-electron chi connectivity index (χ2n) is 3.87. The second-order valence-corrected chi connectivity index (χ2v) is 4.75. The fraction of sp³-hybridized carbons (Fsp3) is 0.429. The lowest BCUT2D eigenvalue weighted by Gasteiger charge is -2.06. The van der Waals surface area contributed by atoms with E-state index in [-0.39, 0.29) is 0 Å². The summed E-state index contributed by atoms with van der Waals surface area (Å²) in [5.74, 6) is 0.644. The molecule has 0 amide bonds. The Bertz CT molecular complexity index is 298. The Balaban J connectivity index is 2.53. The van der Waals surface area contributed by atoms with Crippen molar-refractivity contribution in [3.05, 3.63) is 42.0 Å². The summed E-state index contributed by atoms with van der Waals surface area (Å²) in [7, 11) is 0. The van der Waals surface area contributed by atoms with E-state index in [2.05, 4.69) is 56.5 Å². The third kappa shape index (κ3) is 4.57. The van der Waals surface area contributed by atoms with E-state index in [4.69, 9.17) is 0 Å². The molecule has 0 aromatic heterocycles. The summed E-state index contributed by atoms with van der Waals surface area (Å²) in [6, 6.07) is 8.89. The van der Waals surface area contributed by atoms with Gasteiger partial charge in [-0.2, -0.15) is 0 Å². The molecule has 0 bridgehead atoms. The molecule has 0 aliphatic carbocycles. The molecule has 0 saturated heterocycles. The maximum Gasteiger partial charge on any atom is 0.00693 e. The van der Waals surface area contributed by atoms with Crippen molar-refractivity contribution in [3.8, 4) is 0 Å². The van der Waals surface area contributed by atoms with Crippen LogP contribution < -0.4 is 0 Å². The highest BCUT2D eigenvalue weighted by Crippen LogP contribution is 2.17. The van der Waals surface area contributed by atoms with Gasteiger partial charge in [-0.3, -0.25) is 0 Å². The molecule has 0 fully saturated rings. The van der Waals surface area contributed by atoms with Crippen LogP contribution in [0.25, 0.3) is 0 Å². The first kappa shape index (κ1) is 12.4. The van der Waals surface area contributed by atoms with Gasteiger partial charge in [-0.15, -0.1) is 11.8 Å². The molecule has 0 nitrogen and oxygen atoms in total. The van der Waals surface area contributed by atoms with Gasteiger partial charge in [-0.25, -0.2) is 0 Å². The van der Waals surface area contributed by atoms with Crippen LogP contribution in [0.15, 0.2) is 41.3 Å². The SMILES string of the molecule is CC/C=C\C(C)Cc1ccc(SC)cc1. The molecule has 1 unspecified atom stereocenters. The summed E-state index contributed by atoms with van der Waals surface area (Å²) in [5.41, 5.74) is 1.43. The van der Waals surface area contributed by atoms with Crippen LogP contribution in [0.3, 0.4) is 0 Å². The van der Waals surface area contributed by atoms with Crippen molar-refractivity contribution in [1.29, 1.82) is 0 Å². The van der Waals surface area contributed by atoms with E-state index in [1.165, 1.54) is 10.5 Å². The summed E-state index contributed by atoms with van der Waals surface area (Å²) < 4.78 is 0. The molecule has 1 atom stereocenters. The van der Waals surface area contributed by atoms with Gasteiger partial charge in [0.2, 0.25) is 0 Å². The van der Waals surface area contributed by atoms with Crippen LogP contribution in [0, 0.1) is 5.92 Å². The standard InChI is InChI=1S/C14H20S/c1-4-5-6-12(2)11-13-7-9-14(15-3)10-8-13/h5-10,12H,4,11H2,1-3H3/b6-5-. The Morgan fingerprint density at radius 2 is 1.93 bits per heavy atom. The van der Waals surface area contributed by atoms with Gasteiger partial charge in [0, 0.05) is 4.90 Å². The number of hydrogen-bond donors (Lipinski definition) is 0. The zero-order valence-corrected chi connectivity index (χ0v) is 10.7.